The van der Waals surface area contributed by atoms with E-state index in [9.17, 15) is 10.1 Å². The Morgan fingerprint density at radius 1 is 1.56 bits per heavy atom. The van der Waals surface area contributed by atoms with E-state index in [0.29, 0.717) is 24.1 Å². The van der Waals surface area contributed by atoms with Crippen molar-refractivity contribution in [3.05, 3.63) is 34.5 Å². The van der Waals surface area contributed by atoms with E-state index in [1.165, 1.54) is 6.07 Å². The van der Waals surface area contributed by atoms with Gasteiger partial charge in [-0.1, -0.05) is 6.07 Å². The van der Waals surface area contributed by atoms with Crippen LogP contribution in [0.4, 0.5) is 5.69 Å². The van der Waals surface area contributed by atoms with E-state index in [-0.39, 0.29) is 5.69 Å². The first kappa shape index (κ1) is 10.6. The van der Waals surface area contributed by atoms with Crippen molar-refractivity contribution in [2.75, 3.05) is 13.7 Å². The predicted molar refractivity (Wildman–Crippen MR) is 58.3 cm³/mol. The molecule has 0 fully saturated rings. The van der Waals surface area contributed by atoms with Crippen LogP contribution in [-0.4, -0.2) is 28.4 Å². The number of methoxy groups -OCH3 is 1. The normalized spacial score (nSPS) is 10.8. The maximum absolute atomic E-state index is 10.8. The van der Waals surface area contributed by atoms with Crippen LogP contribution in [0.15, 0.2) is 24.4 Å². The fourth-order valence-electron chi connectivity index (χ4n) is 1.54. The molecular formula is C10H11N3O3. The van der Waals surface area contributed by atoms with Gasteiger partial charge in [0, 0.05) is 19.4 Å². The molecule has 0 unspecified atom stereocenters. The number of hydrogen-bond acceptors (Lipinski definition) is 4. The number of fused-ring (bicyclic) bond motifs is 1. The van der Waals surface area contributed by atoms with Gasteiger partial charge in [-0.3, -0.25) is 14.8 Å². The fourth-order valence-corrected chi connectivity index (χ4v) is 1.54. The van der Waals surface area contributed by atoms with Gasteiger partial charge in [-0.15, -0.1) is 0 Å². The molecule has 16 heavy (non-hydrogen) atoms. The highest BCUT2D eigenvalue weighted by molar-refractivity contribution is 5.87. The number of ether oxygens (including phenoxy) is 1. The van der Waals surface area contributed by atoms with Gasteiger partial charge in [-0.25, -0.2) is 0 Å². The van der Waals surface area contributed by atoms with Crippen LogP contribution < -0.4 is 0 Å². The van der Waals surface area contributed by atoms with Gasteiger partial charge in [0.1, 0.15) is 0 Å². The van der Waals surface area contributed by atoms with Gasteiger partial charge in [-0.05, 0) is 6.07 Å². The number of rotatable bonds is 4. The van der Waals surface area contributed by atoms with E-state index in [1.54, 1.807) is 30.1 Å². The van der Waals surface area contributed by atoms with Crippen LogP contribution in [0.2, 0.25) is 0 Å². The number of nitro benzene ring substituents is 1. The Kier molecular flexibility index (Phi) is 2.82. The summed E-state index contributed by atoms with van der Waals surface area (Å²) in [4.78, 5) is 10.4. The SMILES string of the molecule is COCCn1cc2c([N+](=O)[O-])cccc2n1. The maximum Gasteiger partial charge on any atom is 0.280 e. The third kappa shape index (κ3) is 1.87. The summed E-state index contributed by atoms with van der Waals surface area (Å²) in [5.74, 6) is 0. The summed E-state index contributed by atoms with van der Waals surface area (Å²) < 4.78 is 6.58. The second-order valence-corrected chi connectivity index (χ2v) is 3.35. The van der Waals surface area contributed by atoms with Crippen molar-refractivity contribution in [2.24, 2.45) is 0 Å². The molecule has 1 aromatic heterocycles. The zero-order valence-electron chi connectivity index (χ0n) is 8.79. The van der Waals surface area contributed by atoms with Crippen LogP contribution in [0.5, 0.6) is 0 Å². The summed E-state index contributed by atoms with van der Waals surface area (Å²) in [6.07, 6.45) is 1.67. The zero-order valence-corrected chi connectivity index (χ0v) is 8.79. The molecule has 0 spiro atoms. The summed E-state index contributed by atoms with van der Waals surface area (Å²) in [5, 5.41) is 15.6. The van der Waals surface area contributed by atoms with Gasteiger partial charge < -0.3 is 4.74 Å². The van der Waals surface area contributed by atoms with Gasteiger partial charge in [0.25, 0.3) is 5.69 Å². The van der Waals surface area contributed by atoms with Crippen LogP contribution in [0.3, 0.4) is 0 Å². The van der Waals surface area contributed by atoms with Crippen molar-refractivity contribution in [2.45, 2.75) is 6.54 Å². The Morgan fingerprint density at radius 3 is 3.06 bits per heavy atom. The lowest BCUT2D eigenvalue weighted by molar-refractivity contribution is -0.383. The highest BCUT2D eigenvalue weighted by atomic mass is 16.6. The largest absolute Gasteiger partial charge is 0.383 e. The van der Waals surface area contributed by atoms with Gasteiger partial charge in [0.05, 0.1) is 29.0 Å². The van der Waals surface area contributed by atoms with Crippen LogP contribution in [-0.2, 0) is 11.3 Å². The fraction of sp³-hybridized carbons (Fsp3) is 0.300. The molecule has 0 bridgehead atoms. The molecule has 0 aliphatic rings. The van der Waals surface area contributed by atoms with Gasteiger partial charge >= 0.3 is 0 Å². The maximum atomic E-state index is 10.8. The summed E-state index contributed by atoms with van der Waals surface area (Å²) in [7, 11) is 1.60. The first-order valence-electron chi connectivity index (χ1n) is 4.82. The van der Waals surface area contributed by atoms with Gasteiger partial charge in [-0.2, -0.15) is 5.10 Å². The zero-order chi connectivity index (χ0) is 11.5. The molecule has 0 atom stereocenters. The summed E-state index contributed by atoms with van der Waals surface area (Å²) in [5.41, 5.74) is 0.714. The number of hydrogen-bond donors (Lipinski definition) is 0. The number of aromatic nitrogens is 2. The molecule has 2 rings (SSSR count). The minimum atomic E-state index is -0.398. The minimum Gasteiger partial charge on any atom is -0.383 e. The van der Waals surface area contributed by atoms with Gasteiger partial charge in [0.15, 0.2) is 0 Å². The highest BCUT2D eigenvalue weighted by Gasteiger charge is 2.13. The van der Waals surface area contributed by atoms with Crippen LogP contribution in [0, 0.1) is 10.1 Å². The molecule has 6 nitrogen and oxygen atoms in total. The molecule has 0 saturated heterocycles. The Labute approximate surface area is 91.6 Å². The summed E-state index contributed by atoms with van der Waals surface area (Å²) in [6.45, 7) is 1.12. The van der Waals surface area contributed by atoms with Crippen molar-refractivity contribution >= 4 is 16.6 Å². The first-order valence-corrected chi connectivity index (χ1v) is 4.82. The molecule has 0 saturated carbocycles. The van der Waals surface area contributed by atoms with E-state index >= 15 is 0 Å². The van der Waals surface area contributed by atoms with Crippen LogP contribution in [0.1, 0.15) is 0 Å². The van der Waals surface area contributed by atoms with Crippen LogP contribution in [0.25, 0.3) is 10.9 Å². The Bertz CT molecular complexity index is 521. The molecule has 84 valence electrons. The van der Waals surface area contributed by atoms with Crippen molar-refractivity contribution < 1.29 is 9.66 Å². The number of nitro groups is 1. The monoisotopic (exact) mass is 221 g/mol. The third-order valence-corrected chi connectivity index (χ3v) is 2.30. The Hall–Kier alpha value is -1.95. The average molecular weight is 221 g/mol. The van der Waals surface area contributed by atoms with E-state index in [1.807, 2.05) is 0 Å². The second kappa shape index (κ2) is 4.28. The smallest absolute Gasteiger partial charge is 0.280 e. The molecule has 0 amide bonds. The Balaban J connectivity index is 2.44. The molecule has 0 N–H and O–H groups in total. The van der Waals surface area contributed by atoms with Crippen LogP contribution >= 0.6 is 0 Å². The molecule has 0 aliphatic carbocycles. The predicted octanol–water partition coefficient (Wildman–Crippen LogP) is 1.59. The third-order valence-electron chi connectivity index (χ3n) is 2.30. The van der Waals surface area contributed by atoms with Crippen molar-refractivity contribution in [1.82, 2.24) is 9.78 Å². The molecule has 1 aromatic carbocycles. The number of benzene rings is 1. The van der Waals surface area contributed by atoms with E-state index in [0.717, 1.165) is 0 Å². The number of nitrogens with zero attached hydrogens (tertiary/aromatic N) is 3. The molecule has 0 aliphatic heterocycles. The summed E-state index contributed by atoms with van der Waals surface area (Å²) in [6, 6.07) is 4.87. The lowest BCUT2D eigenvalue weighted by atomic mass is 10.2. The molecule has 6 heteroatoms. The molecule has 2 aromatic rings. The molecule has 1 heterocycles. The van der Waals surface area contributed by atoms with E-state index in [2.05, 4.69) is 5.10 Å². The van der Waals surface area contributed by atoms with Gasteiger partial charge in [0.2, 0.25) is 0 Å². The van der Waals surface area contributed by atoms with Crippen molar-refractivity contribution in [3.8, 4) is 0 Å². The van der Waals surface area contributed by atoms with Crippen molar-refractivity contribution in [3.63, 3.8) is 0 Å². The van der Waals surface area contributed by atoms with Crippen molar-refractivity contribution in [1.29, 1.82) is 0 Å². The van der Waals surface area contributed by atoms with E-state index in [4.69, 9.17) is 4.74 Å². The number of non-ortho nitro benzene ring substituents is 1. The Morgan fingerprint density at radius 2 is 2.38 bits per heavy atom. The second-order valence-electron chi connectivity index (χ2n) is 3.35. The quantitative estimate of drug-likeness (QED) is 0.580. The molecular weight excluding hydrogens is 210 g/mol. The topological polar surface area (TPSA) is 70.2 Å². The van der Waals surface area contributed by atoms with E-state index < -0.39 is 4.92 Å². The standard InChI is InChI=1S/C10H11N3O3/c1-16-6-5-12-7-8-9(11-12)3-2-4-10(8)13(14)15/h2-4,7H,5-6H2,1H3. The summed E-state index contributed by atoms with van der Waals surface area (Å²) >= 11 is 0. The minimum absolute atomic E-state index is 0.0844. The average Bonchev–Trinajstić information content (AvgIpc) is 2.68. The lowest BCUT2D eigenvalue weighted by Crippen LogP contribution is -2.03. The first-order chi connectivity index (χ1) is 7.72. The highest BCUT2D eigenvalue weighted by Crippen LogP contribution is 2.23. The molecule has 0 radical (unpaired) electrons. The lowest BCUT2D eigenvalue weighted by Gasteiger charge is -1.97.